The number of aromatic hydroxyl groups is 1. The van der Waals surface area contributed by atoms with E-state index in [1.54, 1.807) is 18.2 Å². The lowest BCUT2D eigenvalue weighted by Gasteiger charge is -2.16. The van der Waals surface area contributed by atoms with Crippen molar-refractivity contribution in [3.63, 3.8) is 0 Å². The number of hydrogen-bond acceptors (Lipinski definition) is 16. The van der Waals surface area contributed by atoms with Gasteiger partial charge in [-0.3, -0.25) is 4.79 Å². The van der Waals surface area contributed by atoms with Crippen LogP contribution in [0.25, 0.3) is 6.08 Å². The molecule has 0 saturated carbocycles. The molecule has 0 fully saturated rings. The van der Waals surface area contributed by atoms with Gasteiger partial charge in [-0.2, -0.15) is 0 Å². The van der Waals surface area contributed by atoms with Crippen LogP contribution in [0.4, 0.5) is 0 Å². The first-order valence-electron chi connectivity index (χ1n) is 42.7. The Labute approximate surface area is 751 Å². The van der Waals surface area contributed by atoms with E-state index in [1.165, 1.54) is 12.1 Å². The van der Waals surface area contributed by atoms with Crippen LogP contribution in [0.5, 0.6) is 86.2 Å². The highest BCUT2D eigenvalue weighted by atomic mass is 16.5. The average molecular weight is 1710 g/mol. The lowest BCUT2D eigenvalue weighted by atomic mass is 10.1. The van der Waals surface area contributed by atoms with Gasteiger partial charge in [-0.1, -0.05) is 261 Å². The maximum Gasteiger partial charge on any atom is 0.189 e. The van der Waals surface area contributed by atoms with Crippen molar-refractivity contribution in [3.05, 3.63) is 489 Å². The predicted octanol–water partition coefficient (Wildman–Crippen LogP) is 25.4. The van der Waals surface area contributed by atoms with Crippen LogP contribution in [0.2, 0.25) is 0 Å². The molecule has 0 radical (unpaired) electrons. The van der Waals surface area contributed by atoms with Crippen molar-refractivity contribution >= 4 is 11.9 Å². The van der Waals surface area contributed by atoms with Gasteiger partial charge < -0.3 is 71.4 Å². The van der Waals surface area contributed by atoms with Gasteiger partial charge in [-0.05, 0) is 187 Å². The molecule has 0 amide bonds. The van der Waals surface area contributed by atoms with Crippen LogP contribution in [0.1, 0.15) is 93.8 Å². The number of carbonyl (C=O) groups excluding carboxylic acids is 1. The number of benzene rings is 16. The van der Waals surface area contributed by atoms with E-state index < -0.39 is 5.78 Å². The van der Waals surface area contributed by atoms with Gasteiger partial charge >= 0.3 is 0 Å². The zero-order valence-corrected chi connectivity index (χ0v) is 71.2. The van der Waals surface area contributed by atoms with E-state index in [4.69, 9.17) is 66.3 Å². The van der Waals surface area contributed by atoms with Crippen molar-refractivity contribution in [2.75, 3.05) is 0 Å². The summed E-state index contributed by atoms with van der Waals surface area (Å²) in [5.74, 6) is 7.30. The zero-order valence-electron chi connectivity index (χ0n) is 71.2. The molecule has 0 heterocycles. The number of rotatable bonds is 45. The third kappa shape index (κ3) is 27.5. The molecule has 0 saturated heterocycles. The second kappa shape index (κ2) is 45.0. The highest BCUT2D eigenvalue weighted by Gasteiger charge is 2.18. The van der Waals surface area contributed by atoms with E-state index in [2.05, 4.69) is 0 Å². The molecule has 0 bridgehead atoms. The maximum atomic E-state index is 14.0. The number of hydrogen-bond donors (Lipinski definition) is 1. The third-order valence-corrected chi connectivity index (χ3v) is 20.6. The van der Waals surface area contributed by atoms with Crippen LogP contribution in [0, 0.1) is 0 Å². The lowest BCUT2D eigenvalue weighted by molar-refractivity contribution is 0.104. The molecule has 0 spiro atoms. The lowest BCUT2D eigenvalue weighted by Crippen LogP contribution is -2.04. The summed E-state index contributed by atoms with van der Waals surface area (Å²) in [6, 6.07) is 127. The first-order chi connectivity index (χ1) is 63.6. The number of phenolic OH excluding ortho intramolecular Hbond substituents is 1. The number of phenols is 1. The molecule has 644 valence electrons. The van der Waals surface area contributed by atoms with Crippen LogP contribution in [0.15, 0.2) is 400 Å². The summed E-state index contributed by atoms with van der Waals surface area (Å²) in [5.41, 5.74) is 13.8. The fourth-order valence-corrected chi connectivity index (χ4v) is 14.0. The Morgan fingerprint density at radius 2 is 0.349 bits per heavy atom. The fourth-order valence-electron chi connectivity index (χ4n) is 14.0. The molecule has 0 aliphatic carbocycles. The summed E-state index contributed by atoms with van der Waals surface area (Å²) in [7, 11) is 0. The summed E-state index contributed by atoms with van der Waals surface area (Å²) in [4.78, 5) is 14.0. The first-order valence-corrected chi connectivity index (χ1v) is 42.7. The Balaban J connectivity index is 0.600. The Hall–Kier alpha value is -16.1. The minimum atomic E-state index is -0.417. The molecule has 16 heteroatoms. The Morgan fingerprint density at radius 3 is 0.543 bits per heavy atom. The van der Waals surface area contributed by atoms with Crippen molar-refractivity contribution < 1.29 is 76.2 Å². The van der Waals surface area contributed by atoms with E-state index in [0.29, 0.717) is 139 Å². The van der Waals surface area contributed by atoms with Crippen molar-refractivity contribution in [1.82, 2.24) is 0 Å². The van der Waals surface area contributed by atoms with E-state index >= 15 is 0 Å². The van der Waals surface area contributed by atoms with Crippen molar-refractivity contribution in [1.29, 1.82) is 0 Å². The molecular formula is C113H96O16. The van der Waals surface area contributed by atoms with Gasteiger partial charge in [0.15, 0.2) is 5.78 Å². The molecule has 16 aromatic carbocycles. The van der Waals surface area contributed by atoms with E-state index in [0.717, 1.165) is 77.9 Å². The molecule has 0 aliphatic heterocycles. The summed E-state index contributed by atoms with van der Waals surface area (Å²) >= 11 is 0. The second-order valence-electron chi connectivity index (χ2n) is 30.7. The van der Waals surface area contributed by atoms with Crippen LogP contribution < -0.4 is 66.3 Å². The van der Waals surface area contributed by atoms with Crippen LogP contribution >= 0.6 is 0 Å². The van der Waals surface area contributed by atoms with E-state index in [-0.39, 0.29) is 51.0 Å². The number of ether oxygens (including phenoxy) is 14. The molecule has 16 aromatic rings. The van der Waals surface area contributed by atoms with Gasteiger partial charge in [0.1, 0.15) is 179 Å². The molecule has 0 aromatic heterocycles. The third-order valence-electron chi connectivity index (χ3n) is 20.6. The van der Waals surface area contributed by atoms with Crippen molar-refractivity contribution in [2.45, 2.75) is 92.5 Å². The van der Waals surface area contributed by atoms with Crippen LogP contribution in [-0.4, -0.2) is 10.9 Å². The van der Waals surface area contributed by atoms with Crippen LogP contribution in [-0.2, 0) is 92.5 Å². The second-order valence-corrected chi connectivity index (χ2v) is 30.7. The average Bonchev–Trinajstić information content (AvgIpc) is 0.836. The van der Waals surface area contributed by atoms with E-state index in [1.807, 2.05) is 376 Å². The molecular weight excluding hydrogens is 1610 g/mol. The summed E-state index contributed by atoms with van der Waals surface area (Å²) in [5, 5.41) is 11.5. The van der Waals surface area contributed by atoms with E-state index in [9.17, 15) is 9.90 Å². The fraction of sp³-hybridized carbons (Fsp3) is 0.124. The van der Waals surface area contributed by atoms with Crippen molar-refractivity contribution in [3.8, 4) is 86.2 Å². The van der Waals surface area contributed by atoms with Crippen LogP contribution in [0.3, 0.4) is 0 Å². The number of ketones is 1. The molecule has 129 heavy (non-hydrogen) atoms. The number of allylic oxidation sites excluding steroid dienone is 1. The van der Waals surface area contributed by atoms with Gasteiger partial charge in [0.25, 0.3) is 0 Å². The SMILES string of the molecule is O=C(C=Cc1ccc(OCc2cc(OCc3cc(OCc4ccccc4)cc(OCc4ccccc4)c3)cc(OCc3cc(OCc4ccccc4)cc(OCc4ccccc4)c3)c2)cc1)c1ccc(OCc2cc(OCc3cc(OCc4ccccc4)cc(OCc4ccccc4)c3)cc(OCc3cc(OCc4ccccc4)cc(OCc4ccccc4)c3)c2)cc1O. The van der Waals surface area contributed by atoms with Gasteiger partial charge in [-0.25, -0.2) is 0 Å². The Morgan fingerprint density at radius 1 is 0.178 bits per heavy atom. The topological polar surface area (TPSA) is 167 Å². The Kier molecular flexibility index (Phi) is 30.2. The van der Waals surface area contributed by atoms with Gasteiger partial charge in [0.2, 0.25) is 0 Å². The highest BCUT2D eigenvalue weighted by molar-refractivity contribution is 6.08. The summed E-state index contributed by atoms with van der Waals surface area (Å²) in [6.45, 7) is 3.68. The molecule has 1 N–H and O–H groups in total. The minimum Gasteiger partial charge on any atom is -0.507 e. The monoisotopic (exact) mass is 1710 g/mol. The zero-order chi connectivity index (χ0) is 87.7. The van der Waals surface area contributed by atoms with Gasteiger partial charge in [0, 0.05) is 42.5 Å². The molecule has 16 nitrogen and oxygen atoms in total. The largest absolute Gasteiger partial charge is 0.507 e. The van der Waals surface area contributed by atoms with Gasteiger partial charge in [-0.15, -0.1) is 0 Å². The first kappa shape index (κ1) is 86.4. The summed E-state index contributed by atoms with van der Waals surface area (Å²) < 4.78 is 90.5. The molecule has 16 rings (SSSR count). The maximum absolute atomic E-state index is 14.0. The standard InChI is InChI=1S/C113H96O16/c114-112(111-47-46-98(67-113(111)115)117-77-92-51-109(128-80-95-57-103(122-72-87-33-17-5-18-34-87)63-104(58-95)123-73-88-35-19-6-20-36-88)66-110(52-92)129-81-96-59-105(124-74-89-37-21-7-22-38-89)64-106(60-96)125-75-90-39-23-8-24-40-90)48-43-82-41-44-97(45-42-82)116-76-91-49-107(126-78-93-53-99(118-68-83-25-9-1-10-26-83)61-100(54-93)119-69-84-27-11-2-12-28-84)65-108(50-91)127-79-94-55-101(120-70-85-29-13-3-14-30-85)62-102(56-94)121-71-86-31-15-4-16-32-86/h1-67,115H,68-81H2. The minimum absolute atomic E-state index is 0.0305. The normalized spacial score (nSPS) is 10.9. The predicted molar refractivity (Wildman–Crippen MR) is 499 cm³/mol. The molecule has 0 atom stereocenters. The molecule has 0 aliphatic rings. The quantitative estimate of drug-likeness (QED) is 0.0283. The number of carbonyl (C=O) groups is 1. The smallest absolute Gasteiger partial charge is 0.189 e. The summed E-state index contributed by atoms with van der Waals surface area (Å²) in [6.07, 6.45) is 3.11. The Bertz CT molecular complexity index is 5710. The van der Waals surface area contributed by atoms with Gasteiger partial charge in [0.05, 0.1) is 5.56 Å². The molecule has 0 unspecified atom stereocenters. The van der Waals surface area contributed by atoms with Crippen molar-refractivity contribution in [2.24, 2.45) is 0 Å². The highest BCUT2D eigenvalue weighted by Crippen LogP contribution is 2.36.